The SMILES string of the molecule is O=C(O)CN(CC1CC1)C1CC(NS(=O)(=O)CCN2CCCC2)C1. The molecule has 0 spiro atoms. The van der Waals surface area contributed by atoms with E-state index in [2.05, 4.69) is 9.62 Å². The highest BCUT2D eigenvalue weighted by Crippen LogP contribution is 2.33. The van der Waals surface area contributed by atoms with Gasteiger partial charge in [-0.3, -0.25) is 9.69 Å². The Labute approximate surface area is 144 Å². The number of carboxylic acids is 1. The second kappa shape index (κ2) is 7.68. The number of nitrogens with zero attached hydrogens (tertiary/aromatic N) is 2. The van der Waals surface area contributed by atoms with E-state index in [0.29, 0.717) is 12.5 Å². The monoisotopic (exact) mass is 359 g/mol. The highest BCUT2D eigenvalue weighted by molar-refractivity contribution is 7.89. The summed E-state index contributed by atoms with van der Waals surface area (Å²) in [5.74, 6) is 0.000534. The fraction of sp³-hybridized carbons (Fsp3) is 0.938. The molecule has 2 aliphatic carbocycles. The number of likely N-dealkylation sites (tertiary alicyclic amines) is 1. The minimum atomic E-state index is -3.24. The Morgan fingerprint density at radius 3 is 2.46 bits per heavy atom. The predicted octanol–water partition coefficient (Wildman–Crippen LogP) is 0.329. The molecule has 0 aromatic carbocycles. The molecule has 7 nitrogen and oxygen atoms in total. The van der Waals surface area contributed by atoms with Gasteiger partial charge in [-0.15, -0.1) is 0 Å². The zero-order chi connectivity index (χ0) is 17.2. The van der Waals surface area contributed by atoms with Crippen LogP contribution in [0.15, 0.2) is 0 Å². The minimum absolute atomic E-state index is 0.0333. The van der Waals surface area contributed by atoms with Crippen molar-refractivity contribution in [3.63, 3.8) is 0 Å². The summed E-state index contributed by atoms with van der Waals surface area (Å²) in [5.41, 5.74) is 0. The van der Waals surface area contributed by atoms with Crippen molar-refractivity contribution in [1.29, 1.82) is 0 Å². The summed E-state index contributed by atoms with van der Waals surface area (Å²) in [4.78, 5) is 15.2. The Morgan fingerprint density at radius 2 is 1.88 bits per heavy atom. The second-order valence-corrected chi connectivity index (χ2v) is 9.45. The van der Waals surface area contributed by atoms with Crippen LogP contribution in [0.1, 0.15) is 38.5 Å². The molecule has 1 aliphatic heterocycles. The van der Waals surface area contributed by atoms with E-state index < -0.39 is 16.0 Å². The molecule has 1 heterocycles. The first kappa shape index (κ1) is 18.1. The number of carboxylic acid groups (broad SMARTS) is 1. The van der Waals surface area contributed by atoms with Crippen LogP contribution < -0.4 is 4.72 Å². The molecule has 2 N–H and O–H groups in total. The van der Waals surface area contributed by atoms with Gasteiger partial charge >= 0.3 is 5.97 Å². The normalized spacial score (nSPS) is 28.2. The molecule has 3 fully saturated rings. The van der Waals surface area contributed by atoms with Gasteiger partial charge in [-0.2, -0.15) is 0 Å². The van der Waals surface area contributed by atoms with Crippen LogP contribution in [-0.4, -0.2) is 79.9 Å². The standard InChI is InChI=1S/C16H29N3O4S/c20-16(21)12-19(11-13-3-4-13)15-9-14(10-15)17-24(22,23)8-7-18-5-1-2-6-18/h13-15,17H,1-12H2,(H,20,21). The fourth-order valence-corrected chi connectivity index (χ4v) is 5.02. The van der Waals surface area contributed by atoms with E-state index in [1.54, 1.807) is 0 Å². The number of aliphatic carboxylic acids is 1. The van der Waals surface area contributed by atoms with Crippen molar-refractivity contribution in [2.75, 3.05) is 38.5 Å². The lowest BCUT2D eigenvalue weighted by Gasteiger charge is -2.42. The van der Waals surface area contributed by atoms with Gasteiger partial charge in [0.2, 0.25) is 10.0 Å². The number of carbonyl (C=O) groups is 1. The highest BCUT2D eigenvalue weighted by Gasteiger charge is 2.38. The van der Waals surface area contributed by atoms with E-state index in [4.69, 9.17) is 5.11 Å². The van der Waals surface area contributed by atoms with Crippen LogP contribution >= 0.6 is 0 Å². The molecular weight excluding hydrogens is 330 g/mol. The number of hydrogen-bond acceptors (Lipinski definition) is 5. The molecule has 0 bridgehead atoms. The molecule has 24 heavy (non-hydrogen) atoms. The Hall–Kier alpha value is -0.700. The van der Waals surface area contributed by atoms with Gasteiger partial charge in [-0.25, -0.2) is 13.1 Å². The maximum atomic E-state index is 12.2. The molecular formula is C16H29N3O4S. The van der Waals surface area contributed by atoms with E-state index in [1.807, 2.05) is 4.90 Å². The summed E-state index contributed by atoms with van der Waals surface area (Å²) in [6, 6.07) is 0.169. The lowest BCUT2D eigenvalue weighted by atomic mass is 9.86. The molecule has 0 amide bonds. The largest absolute Gasteiger partial charge is 0.480 e. The van der Waals surface area contributed by atoms with Crippen molar-refractivity contribution in [2.45, 2.75) is 50.6 Å². The van der Waals surface area contributed by atoms with Crippen LogP contribution in [0.4, 0.5) is 0 Å². The Kier molecular flexibility index (Phi) is 5.79. The summed E-state index contributed by atoms with van der Waals surface area (Å²) >= 11 is 0. The molecule has 0 aromatic heterocycles. The maximum absolute atomic E-state index is 12.2. The third-order valence-corrected chi connectivity index (χ3v) is 6.79. The van der Waals surface area contributed by atoms with Gasteiger partial charge in [0.05, 0.1) is 12.3 Å². The smallest absolute Gasteiger partial charge is 0.317 e. The molecule has 138 valence electrons. The maximum Gasteiger partial charge on any atom is 0.317 e. The summed E-state index contributed by atoms with van der Waals surface area (Å²) in [7, 11) is -3.24. The van der Waals surface area contributed by atoms with E-state index in [1.165, 1.54) is 12.8 Å². The topological polar surface area (TPSA) is 90.0 Å². The molecule has 0 aromatic rings. The van der Waals surface area contributed by atoms with Gasteiger partial charge in [0.15, 0.2) is 0 Å². The van der Waals surface area contributed by atoms with Gasteiger partial charge in [0.1, 0.15) is 0 Å². The molecule has 0 radical (unpaired) electrons. The second-order valence-electron chi connectivity index (χ2n) is 7.57. The first-order chi connectivity index (χ1) is 11.4. The molecule has 0 atom stereocenters. The fourth-order valence-electron chi connectivity index (χ4n) is 3.70. The number of rotatable bonds is 10. The molecule has 3 aliphatic rings. The van der Waals surface area contributed by atoms with Gasteiger partial charge in [0, 0.05) is 25.2 Å². The van der Waals surface area contributed by atoms with Crippen LogP contribution in [-0.2, 0) is 14.8 Å². The van der Waals surface area contributed by atoms with Crippen molar-refractivity contribution >= 4 is 16.0 Å². The molecule has 8 heteroatoms. The number of hydrogen-bond donors (Lipinski definition) is 2. The Morgan fingerprint density at radius 1 is 1.21 bits per heavy atom. The van der Waals surface area contributed by atoms with Crippen molar-refractivity contribution in [3.05, 3.63) is 0 Å². The zero-order valence-electron chi connectivity index (χ0n) is 14.2. The van der Waals surface area contributed by atoms with E-state index in [-0.39, 0.29) is 24.4 Å². The lowest BCUT2D eigenvalue weighted by molar-refractivity contribution is -0.139. The van der Waals surface area contributed by atoms with Crippen LogP contribution in [0.25, 0.3) is 0 Å². The highest BCUT2D eigenvalue weighted by atomic mass is 32.2. The summed E-state index contributed by atoms with van der Waals surface area (Å²) in [5, 5.41) is 9.05. The van der Waals surface area contributed by atoms with Crippen molar-refractivity contribution in [1.82, 2.24) is 14.5 Å². The zero-order valence-corrected chi connectivity index (χ0v) is 15.0. The van der Waals surface area contributed by atoms with Gasteiger partial charge in [-0.05, 0) is 57.5 Å². The first-order valence-corrected chi connectivity index (χ1v) is 10.7. The quantitative estimate of drug-likeness (QED) is 0.584. The molecule has 2 saturated carbocycles. The lowest BCUT2D eigenvalue weighted by Crippen LogP contribution is -2.55. The third kappa shape index (κ3) is 5.40. The average molecular weight is 359 g/mol. The summed E-state index contributed by atoms with van der Waals surface area (Å²) in [6.45, 7) is 3.53. The van der Waals surface area contributed by atoms with E-state index in [0.717, 1.165) is 45.3 Å². The van der Waals surface area contributed by atoms with Crippen molar-refractivity contribution in [2.24, 2.45) is 5.92 Å². The van der Waals surface area contributed by atoms with Gasteiger partial charge < -0.3 is 10.0 Å². The van der Waals surface area contributed by atoms with Crippen molar-refractivity contribution in [3.8, 4) is 0 Å². The third-order valence-electron chi connectivity index (χ3n) is 5.38. The van der Waals surface area contributed by atoms with Gasteiger partial charge in [-0.1, -0.05) is 0 Å². The minimum Gasteiger partial charge on any atom is -0.480 e. The summed E-state index contributed by atoms with van der Waals surface area (Å²) < 4.78 is 27.2. The molecule has 0 unspecified atom stereocenters. The molecule has 1 saturated heterocycles. The van der Waals surface area contributed by atoms with Gasteiger partial charge in [0.25, 0.3) is 0 Å². The van der Waals surface area contributed by atoms with Crippen molar-refractivity contribution < 1.29 is 18.3 Å². The Balaban J connectivity index is 1.40. The molecule has 3 rings (SSSR count). The van der Waals surface area contributed by atoms with Crippen LogP contribution in [0.3, 0.4) is 0 Å². The number of sulfonamides is 1. The first-order valence-electron chi connectivity index (χ1n) is 9.09. The van der Waals surface area contributed by atoms with E-state index >= 15 is 0 Å². The van der Waals surface area contributed by atoms with Crippen LogP contribution in [0, 0.1) is 5.92 Å². The summed E-state index contributed by atoms with van der Waals surface area (Å²) in [6.07, 6.45) is 6.16. The number of nitrogens with one attached hydrogen (secondary N) is 1. The van der Waals surface area contributed by atoms with Crippen LogP contribution in [0.2, 0.25) is 0 Å². The predicted molar refractivity (Wildman–Crippen MR) is 91.3 cm³/mol. The van der Waals surface area contributed by atoms with E-state index in [9.17, 15) is 13.2 Å². The van der Waals surface area contributed by atoms with Crippen LogP contribution in [0.5, 0.6) is 0 Å². The Bertz CT molecular complexity index is 538. The average Bonchev–Trinajstić information content (AvgIpc) is 3.11.